The fourth-order valence-electron chi connectivity index (χ4n) is 3.34. The fraction of sp³-hybridized carbons (Fsp3) is 0.0870. The predicted octanol–water partition coefficient (Wildman–Crippen LogP) is 6.14. The van der Waals surface area contributed by atoms with Gasteiger partial charge in [0.1, 0.15) is 15.3 Å². The number of nitrogens with zero attached hydrogens (tertiary/aromatic N) is 3. The van der Waals surface area contributed by atoms with Gasteiger partial charge in [-0.15, -0.1) is 11.3 Å². The summed E-state index contributed by atoms with van der Waals surface area (Å²) in [5, 5.41) is 2.14. The van der Waals surface area contributed by atoms with Crippen molar-refractivity contribution in [2.24, 2.45) is 0 Å². The average Bonchev–Trinajstić information content (AvgIpc) is 3.15. The molecule has 0 amide bonds. The van der Waals surface area contributed by atoms with Crippen molar-refractivity contribution in [2.75, 3.05) is 0 Å². The predicted molar refractivity (Wildman–Crippen MR) is 126 cm³/mol. The van der Waals surface area contributed by atoms with E-state index < -0.39 is 0 Å². The van der Waals surface area contributed by atoms with Crippen molar-refractivity contribution in [3.8, 4) is 0 Å². The van der Waals surface area contributed by atoms with Gasteiger partial charge in [0.25, 0.3) is 5.56 Å². The van der Waals surface area contributed by atoms with Crippen LogP contribution in [0, 0.1) is 5.82 Å². The Balaban J connectivity index is 1.63. The third-order valence-electron chi connectivity index (χ3n) is 4.83. The highest BCUT2D eigenvalue weighted by atomic mass is 35.5. The van der Waals surface area contributed by atoms with E-state index in [1.807, 2.05) is 36.4 Å². The molecule has 5 rings (SSSR count). The van der Waals surface area contributed by atoms with Crippen LogP contribution in [-0.4, -0.2) is 14.5 Å². The molecular formula is C23H15ClFN3OS2. The van der Waals surface area contributed by atoms with Crippen molar-refractivity contribution in [1.82, 2.24) is 14.5 Å². The van der Waals surface area contributed by atoms with Gasteiger partial charge in [-0.2, -0.15) is 0 Å². The minimum absolute atomic E-state index is 0.120. The molecule has 0 fully saturated rings. The van der Waals surface area contributed by atoms with Crippen LogP contribution in [-0.2, 0) is 12.3 Å². The van der Waals surface area contributed by atoms with E-state index in [1.165, 1.54) is 35.2 Å². The van der Waals surface area contributed by atoms with Crippen LogP contribution in [0.15, 0.2) is 76.8 Å². The summed E-state index contributed by atoms with van der Waals surface area (Å²) in [6, 6.07) is 17.6. The second kappa shape index (κ2) is 8.42. The van der Waals surface area contributed by atoms with Gasteiger partial charge < -0.3 is 0 Å². The van der Waals surface area contributed by atoms with E-state index in [0.717, 1.165) is 21.3 Å². The maximum absolute atomic E-state index is 13.5. The summed E-state index contributed by atoms with van der Waals surface area (Å²) in [5.74, 6) is 0.304. The van der Waals surface area contributed by atoms with E-state index in [1.54, 1.807) is 22.9 Å². The maximum atomic E-state index is 13.5. The Morgan fingerprint density at radius 3 is 2.71 bits per heavy atom. The number of aromatic nitrogens is 3. The first-order valence-corrected chi connectivity index (χ1v) is 11.7. The molecular weight excluding hydrogens is 453 g/mol. The van der Waals surface area contributed by atoms with E-state index in [-0.39, 0.29) is 11.4 Å². The highest BCUT2D eigenvalue weighted by Crippen LogP contribution is 2.31. The van der Waals surface area contributed by atoms with Gasteiger partial charge in [0, 0.05) is 22.4 Å². The van der Waals surface area contributed by atoms with Crippen molar-refractivity contribution in [3.63, 3.8) is 0 Å². The molecule has 31 heavy (non-hydrogen) atoms. The van der Waals surface area contributed by atoms with Gasteiger partial charge in [0.15, 0.2) is 5.16 Å². The number of rotatable bonds is 5. The zero-order chi connectivity index (χ0) is 21.4. The average molecular weight is 468 g/mol. The lowest BCUT2D eigenvalue weighted by molar-refractivity contribution is 0.623. The van der Waals surface area contributed by atoms with Crippen molar-refractivity contribution in [1.29, 1.82) is 0 Å². The molecule has 0 saturated carbocycles. The highest BCUT2D eigenvalue weighted by molar-refractivity contribution is 7.98. The molecule has 3 aromatic heterocycles. The van der Waals surface area contributed by atoms with Crippen molar-refractivity contribution >= 4 is 55.1 Å². The summed E-state index contributed by atoms with van der Waals surface area (Å²) in [6.07, 6.45) is 1.71. The van der Waals surface area contributed by atoms with Gasteiger partial charge >= 0.3 is 0 Å². The van der Waals surface area contributed by atoms with Crippen LogP contribution >= 0.6 is 34.7 Å². The maximum Gasteiger partial charge on any atom is 0.272 e. The smallest absolute Gasteiger partial charge is 0.272 e. The first-order valence-electron chi connectivity index (χ1n) is 9.48. The fourth-order valence-corrected chi connectivity index (χ4v) is 5.52. The van der Waals surface area contributed by atoms with Crippen molar-refractivity contribution < 1.29 is 4.39 Å². The lowest BCUT2D eigenvalue weighted by Gasteiger charge is -2.12. The van der Waals surface area contributed by atoms with E-state index in [4.69, 9.17) is 16.6 Å². The Morgan fingerprint density at radius 1 is 1.06 bits per heavy atom. The van der Waals surface area contributed by atoms with Crippen LogP contribution in [0.3, 0.4) is 0 Å². The summed E-state index contributed by atoms with van der Waals surface area (Å²) in [7, 11) is 0. The molecule has 0 N–H and O–H groups in total. The third kappa shape index (κ3) is 4.08. The number of benzene rings is 2. The highest BCUT2D eigenvalue weighted by Gasteiger charge is 2.17. The molecule has 5 aromatic rings. The third-order valence-corrected chi connectivity index (χ3v) is 7.20. The number of hydrogen-bond acceptors (Lipinski definition) is 5. The molecule has 0 bridgehead atoms. The van der Waals surface area contributed by atoms with Crippen LogP contribution < -0.4 is 5.56 Å². The minimum Gasteiger partial charge on any atom is -0.282 e. The summed E-state index contributed by atoms with van der Waals surface area (Å²) in [5.41, 5.74) is 2.42. The van der Waals surface area contributed by atoms with E-state index >= 15 is 0 Å². The van der Waals surface area contributed by atoms with Gasteiger partial charge in [-0.05, 0) is 47.5 Å². The molecule has 0 aliphatic carbocycles. The molecule has 0 aliphatic heterocycles. The molecule has 2 aromatic carbocycles. The van der Waals surface area contributed by atoms with Crippen LogP contribution in [0.5, 0.6) is 0 Å². The molecule has 0 radical (unpaired) electrons. The molecule has 8 heteroatoms. The standard InChI is InChI=1S/C23H15ClFN3OS2/c24-16-4-1-3-15(11-16)13-30-23-27-19-18-5-2-10-26-21(18)31-20(19)22(29)28(23)12-14-6-8-17(25)9-7-14/h1-11H,12-13H2. The van der Waals surface area contributed by atoms with Crippen LogP contribution in [0.1, 0.15) is 11.1 Å². The van der Waals surface area contributed by atoms with Gasteiger partial charge in [0.05, 0.1) is 12.1 Å². The molecule has 154 valence electrons. The Labute approximate surface area is 190 Å². The number of hydrogen-bond donors (Lipinski definition) is 0. The van der Waals surface area contributed by atoms with Crippen molar-refractivity contribution in [2.45, 2.75) is 17.5 Å². The zero-order valence-corrected chi connectivity index (χ0v) is 18.5. The summed E-state index contributed by atoms with van der Waals surface area (Å²) in [4.78, 5) is 23.5. The summed E-state index contributed by atoms with van der Waals surface area (Å²) >= 11 is 8.94. The monoisotopic (exact) mass is 467 g/mol. The normalized spacial score (nSPS) is 11.4. The lowest BCUT2D eigenvalue weighted by Crippen LogP contribution is -2.23. The summed E-state index contributed by atoms with van der Waals surface area (Å²) < 4.78 is 15.6. The Hall–Kier alpha value is -2.74. The Bertz CT molecular complexity index is 1460. The first-order chi connectivity index (χ1) is 15.1. The Kier molecular flexibility index (Phi) is 5.48. The second-order valence-corrected chi connectivity index (χ2v) is 9.34. The number of thioether (sulfide) groups is 1. The molecule has 0 saturated heterocycles. The quantitative estimate of drug-likeness (QED) is 0.230. The number of thiophene rings is 1. The second-order valence-electron chi connectivity index (χ2n) is 6.97. The van der Waals surface area contributed by atoms with E-state index in [0.29, 0.717) is 32.7 Å². The molecule has 4 nitrogen and oxygen atoms in total. The van der Waals surface area contributed by atoms with Gasteiger partial charge in [-0.3, -0.25) is 9.36 Å². The summed E-state index contributed by atoms with van der Waals surface area (Å²) in [6.45, 7) is 0.307. The molecule has 3 heterocycles. The SMILES string of the molecule is O=c1c2sc3ncccc3c2nc(SCc2cccc(Cl)c2)n1Cc1ccc(F)cc1. The van der Waals surface area contributed by atoms with E-state index in [9.17, 15) is 9.18 Å². The first kappa shape index (κ1) is 20.2. The van der Waals surface area contributed by atoms with E-state index in [2.05, 4.69) is 4.98 Å². The van der Waals surface area contributed by atoms with Gasteiger partial charge in [-0.25, -0.2) is 14.4 Å². The zero-order valence-electron chi connectivity index (χ0n) is 16.1. The van der Waals surface area contributed by atoms with Crippen LogP contribution in [0.4, 0.5) is 4.39 Å². The minimum atomic E-state index is -0.309. The molecule has 0 spiro atoms. The largest absolute Gasteiger partial charge is 0.282 e. The van der Waals surface area contributed by atoms with Crippen LogP contribution in [0.2, 0.25) is 5.02 Å². The topological polar surface area (TPSA) is 47.8 Å². The molecule has 0 aliphatic rings. The van der Waals surface area contributed by atoms with Crippen molar-refractivity contribution in [3.05, 3.63) is 99.2 Å². The van der Waals surface area contributed by atoms with Gasteiger partial charge in [-0.1, -0.05) is 47.6 Å². The van der Waals surface area contributed by atoms with Gasteiger partial charge in [0.2, 0.25) is 0 Å². The molecule has 0 atom stereocenters. The number of halogens is 2. The number of fused-ring (bicyclic) bond motifs is 3. The van der Waals surface area contributed by atoms with Crippen LogP contribution in [0.25, 0.3) is 20.4 Å². The molecule has 0 unspecified atom stereocenters. The lowest BCUT2D eigenvalue weighted by atomic mass is 10.2. The Morgan fingerprint density at radius 2 is 1.90 bits per heavy atom. The number of pyridine rings is 1.